The van der Waals surface area contributed by atoms with Crippen LogP contribution in [0.2, 0.25) is 16.6 Å². The van der Waals surface area contributed by atoms with Crippen LogP contribution in [0.1, 0.15) is 82.7 Å². The number of fused-ring (bicyclic) bond motifs is 1. The predicted octanol–water partition coefficient (Wildman–Crippen LogP) is 9.21. The first-order chi connectivity index (χ1) is 19.4. The average Bonchev–Trinajstić information content (AvgIpc) is 3.28. The summed E-state index contributed by atoms with van der Waals surface area (Å²) in [5, 5.41) is 0. The fourth-order valence-corrected chi connectivity index (χ4v) is 12.5. The zero-order valence-corrected chi connectivity index (χ0v) is 27.4. The van der Waals surface area contributed by atoms with E-state index in [-0.39, 0.29) is 17.4 Å². The Balaban J connectivity index is 1.64. The highest BCUT2D eigenvalue weighted by molar-refractivity contribution is 7.86. The van der Waals surface area contributed by atoms with E-state index < -0.39 is 24.5 Å². The summed E-state index contributed by atoms with van der Waals surface area (Å²) in [6.07, 6.45) is 3.61. The van der Waals surface area contributed by atoms with Crippen molar-refractivity contribution >= 4 is 24.5 Å². The van der Waals surface area contributed by atoms with Gasteiger partial charge in [-0.25, -0.2) is 0 Å². The van der Waals surface area contributed by atoms with Gasteiger partial charge in [-0.15, -0.1) is 0 Å². The molecule has 0 saturated heterocycles. The number of hydrogen-bond donors (Lipinski definition) is 0. The van der Waals surface area contributed by atoms with Gasteiger partial charge in [-0.1, -0.05) is 89.6 Å². The maximum Gasteiger partial charge on any atom is 0.296 e. The Morgan fingerprint density at radius 3 is 2.05 bits per heavy atom. The Hall–Kier alpha value is -2.87. The van der Waals surface area contributed by atoms with E-state index in [1.165, 1.54) is 0 Å². The molecule has 0 bridgehead atoms. The van der Waals surface area contributed by atoms with Crippen molar-refractivity contribution in [2.45, 2.75) is 88.9 Å². The molecule has 0 amide bonds. The summed E-state index contributed by atoms with van der Waals surface area (Å²) in [7, 11) is -6.02. The van der Waals surface area contributed by atoms with E-state index in [4.69, 9.17) is 13.3 Å². The van der Waals surface area contributed by atoms with Crippen molar-refractivity contribution in [2.24, 2.45) is 0 Å². The third-order valence-corrected chi connectivity index (χ3v) is 15.6. The van der Waals surface area contributed by atoms with Crippen molar-refractivity contribution in [3.05, 3.63) is 95.1 Å². The molecule has 1 aliphatic heterocycles. The van der Waals surface area contributed by atoms with Gasteiger partial charge in [0.1, 0.15) is 17.6 Å². The van der Waals surface area contributed by atoms with Crippen LogP contribution < -0.4 is 9.16 Å². The molecule has 0 spiro atoms. The molecule has 0 radical (unpaired) electrons. The van der Waals surface area contributed by atoms with Crippen LogP contribution in [-0.2, 0) is 14.3 Å². The van der Waals surface area contributed by atoms with Gasteiger partial charge >= 0.3 is 0 Å². The average molecular weight is 593 g/mol. The molecule has 0 fully saturated rings. The van der Waals surface area contributed by atoms with Crippen LogP contribution in [0.3, 0.4) is 0 Å². The van der Waals surface area contributed by atoms with Crippen LogP contribution in [0.4, 0.5) is 0 Å². The largest absolute Gasteiger partial charge is 0.543 e. The van der Waals surface area contributed by atoms with Crippen molar-refractivity contribution in [1.82, 2.24) is 0 Å². The van der Waals surface area contributed by atoms with Crippen LogP contribution in [-0.4, -0.2) is 23.3 Å². The fraction of sp³-hybridized carbons (Fsp3) is 0.412. The Morgan fingerprint density at radius 2 is 1.49 bits per heavy atom. The predicted molar refractivity (Wildman–Crippen MR) is 170 cm³/mol. The van der Waals surface area contributed by atoms with Crippen LogP contribution in [0.25, 0.3) is 6.08 Å². The van der Waals surface area contributed by atoms with Gasteiger partial charge in [-0.3, -0.25) is 4.18 Å². The molecule has 4 rings (SSSR count). The fourth-order valence-electron chi connectivity index (χ4n) is 6.34. The van der Waals surface area contributed by atoms with E-state index in [1.54, 1.807) is 24.3 Å². The molecule has 0 unspecified atom stereocenters. The highest BCUT2D eigenvalue weighted by Crippen LogP contribution is 2.48. The highest BCUT2D eigenvalue weighted by atomic mass is 32.2. The molecule has 0 aliphatic carbocycles. The molecule has 0 saturated carbocycles. The topological polar surface area (TPSA) is 61.8 Å². The lowest BCUT2D eigenvalue weighted by Gasteiger charge is -2.42. The van der Waals surface area contributed by atoms with Crippen LogP contribution in [0.5, 0.6) is 11.5 Å². The Kier molecular flexibility index (Phi) is 9.51. The summed E-state index contributed by atoms with van der Waals surface area (Å²) in [5.41, 5.74) is 5.32. The molecule has 2 atom stereocenters. The third-order valence-electron chi connectivity index (χ3n) is 8.33. The van der Waals surface area contributed by atoms with E-state index in [9.17, 15) is 8.42 Å². The van der Waals surface area contributed by atoms with Crippen LogP contribution >= 0.6 is 0 Å². The van der Waals surface area contributed by atoms with Crippen molar-refractivity contribution in [1.29, 1.82) is 0 Å². The first kappa shape index (κ1) is 31.1. The van der Waals surface area contributed by atoms with Crippen molar-refractivity contribution in [3.8, 4) is 11.5 Å². The molecule has 3 aromatic carbocycles. The SMILES string of the molecule is C/C=C/c1ccc2c(c1)[C@H](COS(=O)(=O)c1ccc(C)cc1)[C@H](c1ccc(O[Si](C(C)C)(C(C)C)C(C)C)cc1)O2. The second-order valence-corrected chi connectivity index (χ2v) is 19.0. The number of aryl methyl sites for hydroxylation is 1. The summed E-state index contributed by atoms with van der Waals surface area (Å²) in [5.74, 6) is 1.31. The smallest absolute Gasteiger partial charge is 0.296 e. The first-order valence-corrected chi connectivity index (χ1v) is 18.1. The minimum Gasteiger partial charge on any atom is -0.543 e. The number of benzene rings is 3. The molecule has 41 heavy (non-hydrogen) atoms. The summed E-state index contributed by atoms with van der Waals surface area (Å²) in [6.45, 7) is 17.5. The normalized spacial score (nSPS) is 17.4. The first-order valence-electron chi connectivity index (χ1n) is 14.6. The number of allylic oxidation sites excluding steroid dienone is 1. The van der Waals surface area contributed by atoms with Crippen LogP contribution in [0.15, 0.2) is 77.7 Å². The molecule has 1 aliphatic rings. The lowest BCUT2D eigenvalue weighted by molar-refractivity contribution is 0.172. The molecule has 0 aromatic heterocycles. The Morgan fingerprint density at radius 1 is 0.878 bits per heavy atom. The lowest BCUT2D eigenvalue weighted by atomic mass is 9.91. The minimum absolute atomic E-state index is 0.0322. The van der Waals surface area contributed by atoms with Gasteiger partial charge in [0.25, 0.3) is 18.4 Å². The zero-order valence-electron chi connectivity index (χ0n) is 25.5. The highest BCUT2D eigenvalue weighted by Gasteiger charge is 2.47. The Bertz CT molecular complexity index is 1440. The summed E-state index contributed by atoms with van der Waals surface area (Å²) in [6, 6.07) is 20.9. The van der Waals surface area contributed by atoms with Gasteiger partial charge in [0.2, 0.25) is 0 Å². The lowest BCUT2D eigenvalue weighted by Crippen LogP contribution is -2.50. The second kappa shape index (κ2) is 12.6. The van der Waals surface area contributed by atoms with Crippen molar-refractivity contribution in [3.63, 3.8) is 0 Å². The summed E-state index contributed by atoms with van der Waals surface area (Å²) in [4.78, 5) is 0.149. The molecule has 3 aromatic rings. The maximum atomic E-state index is 13.1. The third kappa shape index (κ3) is 6.47. The summed E-state index contributed by atoms with van der Waals surface area (Å²) < 4.78 is 45.2. The Labute approximate surface area is 247 Å². The number of hydrogen-bond acceptors (Lipinski definition) is 5. The van der Waals surface area contributed by atoms with E-state index in [0.29, 0.717) is 16.6 Å². The van der Waals surface area contributed by atoms with Gasteiger partial charge in [0, 0.05) is 5.56 Å². The molecule has 0 N–H and O–H groups in total. The van der Waals surface area contributed by atoms with Gasteiger partial charge in [-0.2, -0.15) is 8.42 Å². The summed E-state index contributed by atoms with van der Waals surface area (Å²) >= 11 is 0. The van der Waals surface area contributed by atoms with Crippen molar-refractivity contribution in [2.75, 3.05) is 6.61 Å². The second-order valence-electron chi connectivity index (χ2n) is 12.0. The van der Waals surface area contributed by atoms with Gasteiger partial charge < -0.3 is 9.16 Å². The van der Waals surface area contributed by atoms with E-state index in [2.05, 4.69) is 47.6 Å². The number of rotatable bonds is 11. The molecular weight excluding hydrogens is 549 g/mol. The van der Waals surface area contributed by atoms with Gasteiger partial charge in [0.05, 0.1) is 17.4 Å². The maximum absolute atomic E-state index is 13.1. The van der Waals surface area contributed by atoms with E-state index in [1.807, 2.05) is 62.4 Å². The van der Waals surface area contributed by atoms with Gasteiger partial charge in [0.15, 0.2) is 0 Å². The molecular formula is C34H44O5SSi. The molecule has 5 nitrogen and oxygen atoms in total. The monoisotopic (exact) mass is 592 g/mol. The molecule has 1 heterocycles. The zero-order chi connectivity index (χ0) is 29.9. The quantitative estimate of drug-likeness (QED) is 0.164. The molecule has 7 heteroatoms. The van der Waals surface area contributed by atoms with E-state index >= 15 is 0 Å². The minimum atomic E-state index is -3.93. The molecule has 220 valence electrons. The van der Waals surface area contributed by atoms with E-state index in [0.717, 1.165) is 33.8 Å². The van der Waals surface area contributed by atoms with Crippen molar-refractivity contribution < 1.29 is 21.8 Å². The standard InChI is InChI=1S/C34H44O5SSi/c1-9-10-27-13-20-33-31(21-27)32(22-37-40(35,36)30-18-11-26(8)12-19-30)34(38-33)28-14-16-29(17-15-28)39-41(23(2)3,24(4)5)25(6)7/h9-21,23-25,32,34H,22H2,1-8H3/b10-9+/t32-,34-/m0/s1. The van der Waals surface area contributed by atoms with Crippen LogP contribution in [0, 0.1) is 6.92 Å². The number of ether oxygens (including phenoxy) is 1. The van der Waals surface area contributed by atoms with Gasteiger partial charge in [-0.05, 0) is 78.0 Å².